The molecule has 1 atom stereocenters. The molecular weight excluding hydrogens is 254 g/mol. The summed E-state index contributed by atoms with van der Waals surface area (Å²) in [6.07, 6.45) is 2.08. The van der Waals surface area contributed by atoms with Crippen molar-refractivity contribution in [1.29, 1.82) is 0 Å². The highest BCUT2D eigenvalue weighted by molar-refractivity contribution is 6.32. The summed E-state index contributed by atoms with van der Waals surface area (Å²) >= 11 is 5.83. The van der Waals surface area contributed by atoms with E-state index < -0.39 is 0 Å². The number of nitrogen functional groups attached to an aromatic ring is 1. The monoisotopic (exact) mass is 271 g/mol. The third kappa shape index (κ3) is 4.16. The predicted molar refractivity (Wildman–Crippen MR) is 71.5 cm³/mol. The molecule has 18 heavy (non-hydrogen) atoms. The molecule has 0 aliphatic rings. The fourth-order valence-corrected chi connectivity index (χ4v) is 1.82. The van der Waals surface area contributed by atoms with E-state index in [1.54, 1.807) is 0 Å². The number of anilines is 1. The Morgan fingerprint density at radius 3 is 2.83 bits per heavy atom. The second kappa shape index (κ2) is 6.56. The molecule has 1 aromatic rings. The molecule has 1 amide bonds. The first-order chi connectivity index (χ1) is 8.43. The van der Waals surface area contributed by atoms with Crippen LogP contribution in [0.4, 0.5) is 5.69 Å². The van der Waals surface area contributed by atoms with Gasteiger partial charge in [-0.1, -0.05) is 25.4 Å². The minimum atomic E-state index is -0.375. The molecule has 0 fully saturated rings. The number of halogens is 1. The van der Waals surface area contributed by atoms with Gasteiger partial charge < -0.3 is 16.2 Å². The van der Waals surface area contributed by atoms with Crippen LogP contribution in [0.2, 0.25) is 5.15 Å². The van der Waals surface area contributed by atoms with Crippen molar-refractivity contribution in [2.75, 3.05) is 12.3 Å². The number of nitrogens with one attached hydrogen (secondary N) is 1. The molecule has 1 unspecified atom stereocenters. The summed E-state index contributed by atoms with van der Waals surface area (Å²) in [5.74, 6) is -0.00334. The van der Waals surface area contributed by atoms with Gasteiger partial charge in [0, 0.05) is 0 Å². The van der Waals surface area contributed by atoms with Gasteiger partial charge >= 0.3 is 0 Å². The number of aliphatic hydroxyl groups is 1. The van der Waals surface area contributed by atoms with E-state index in [9.17, 15) is 9.90 Å². The molecule has 1 heterocycles. The van der Waals surface area contributed by atoms with Crippen molar-refractivity contribution in [1.82, 2.24) is 10.3 Å². The summed E-state index contributed by atoms with van der Waals surface area (Å²) in [7, 11) is 0. The molecule has 1 aromatic heterocycles. The summed E-state index contributed by atoms with van der Waals surface area (Å²) in [4.78, 5) is 15.8. The van der Waals surface area contributed by atoms with Crippen LogP contribution in [0.5, 0.6) is 0 Å². The molecule has 0 saturated carbocycles. The maximum absolute atomic E-state index is 12.0. The Bertz CT molecular complexity index is 424. The van der Waals surface area contributed by atoms with E-state index in [2.05, 4.69) is 10.3 Å². The Balaban J connectivity index is 2.77. The van der Waals surface area contributed by atoms with Gasteiger partial charge in [-0.05, 0) is 18.4 Å². The quantitative estimate of drug-likeness (QED) is 0.708. The summed E-state index contributed by atoms with van der Waals surface area (Å²) in [6, 6.07) is 1.17. The molecule has 0 saturated heterocycles. The molecule has 0 spiro atoms. The molecule has 1 rings (SSSR count). The zero-order valence-corrected chi connectivity index (χ0v) is 11.2. The van der Waals surface area contributed by atoms with Crippen LogP contribution in [0.3, 0.4) is 0 Å². The predicted octanol–water partition coefficient (Wildman–Crippen LogP) is 1.45. The van der Waals surface area contributed by atoms with E-state index >= 15 is 0 Å². The topological polar surface area (TPSA) is 88.2 Å². The van der Waals surface area contributed by atoms with Crippen molar-refractivity contribution in [3.63, 3.8) is 0 Å². The lowest BCUT2D eigenvalue weighted by Crippen LogP contribution is -2.38. The second-order valence-electron chi connectivity index (χ2n) is 4.59. The highest BCUT2D eigenvalue weighted by atomic mass is 35.5. The van der Waals surface area contributed by atoms with Crippen molar-refractivity contribution < 1.29 is 9.90 Å². The van der Waals surface area contributed by atoms with Gasteiger partial charge in [-0.2, -0.15) is 0 Å². The second-order valence-corrected chi connectivity index (χ2v) is 4.95. The van der Waals surface area contributed by atoms with Crippen molar-refractivity contribution in [3.05, 3.63) is 23.0 Å². The first-order valence-electron chi connectivity index (χ1n) is 5.76. The average molecular weight is 272 g/mol. The van der Waals surface area contributed by atoms with Crippen LogP contribution in [0.1, 0.15) is 30.6 Å². The van der Waals surface area contributed by atoms with Crippen LogP contribution in [0.25, 0.3) is 0 Å². The largest absolute Gasteiger partial charge is 0.397 e. The van der Waals surface area contributed by atoms with Crippen LogP contribution in [0, 0.1) is 5.92 Å². The standard InChI is InChI=1S/C12H18ClN3O2/c1-7(2)3-9(6-17)16-12(18)10-4-8(14)5-15-11(10)13/h4-5,7,9,17H,3,6,14H2,1-2H3,(H,16,18). The van der Waals surface area contributed by atoms with E-state index in [1.807, 2.05) is 13.8 Å². The van der Waals surface area contributed by atoms with Crippen molar-refractivity contribution in [3.8, 4) is 0 Å². The lowest BCUT2D eigenvalue weighted by atomic mass is 10.0. The normalized spacial score (nSPS) is 12.5. The average Bonchev–Trinajstić information content (AvgIpc) is 2.30. The first kappa shape index (κ1) is 14.7. The van der Waals surface area contributed by atoms with Crippen molar-refractivity contribution in [2.24, 2.45) is 5.92 Å². The molecule has 6 heteroatoms. The summed E-state index contributed by atoms with van der Waals surface area (Å²) in [5, 5.41) is 12.0. The number of nitrogens with zero attached hydrogens (tertiary/aromatic N) is 1. The Kier molecular flexibility index (Phi) is 5.37. The molecule has 5 nitrogen and oxygen atoms in total. The highest BCUT2D eigenvalue weighted by Crippen LogP contribution is 2.16. The first-order valence-corrected chi connectivity index (χ1v) is 6.14. The fraction of sp³-hybridized carbons (Fsp3) is 0.500. The molecule has 4 N–H and O–H groups in total. The van der Waals surface area contributed by atoms with E-state index in [0.717, 1.165) is 0 Å². The fourth-order valence-electron chi connectivity index (χ4n) is 1.63. The maximum Gasteiger partial charge on any atom is 0.254 e. The molecule has 0 aliphatic carbocycles. The molecular formula is C12H18ClN3O2. The van der Waals surface area contributed by atoms with Gasteiger partial charge in [-0.3, -0.25) is 4.79 Å². The number of aromatic nitrogens is 1. The number of hydrogen-bond donors (Lipinski definition) is 3. The van der Waals surface area contributed by atoms with E-state index in [1.165, 1.54) is 12.3 Å². The zero-order chi connectivity index (χ0) is 13.7. The summed E-state index contributed by atoms with van der Waals surface area (Å²) < 4.78 is 0. The number of aliphatic hydroxyl groups excluding tert-OH is 1. The van der Waals surface area contributed by atoms with E-state index in [-0.39, 0.29) is 29.3 Å². The maximum atomic E-state index is 12.0. The van der Waals surface area contributed by atoms with Gasteiger partial charge in [0.1, 0.15) is 5.15 Å². The minimum absolute atomic E-state index is 0.0999. The van der Waals surface area contributed by atoms with Crippen LogP contribution in [-0.4, -0.2) is 28.6 Å². The van der Waals surface area contributed by atoms with Gasteiger partial charge in [0.25, 0.3) is 5.91 Å². The Hall–Kier alpha value is -1.33. The number of amides is 1. The summed E-state index contributed by atoms with van der Waals surface area (Å²) in [6.45, 7) is 3.92. The number of carbonyl (C=O) groups is 1. The molecule has 0 radical (unpaired) electrons. The van der Waals surface area contributed by atoms with Crippen LogP contribution >= 0.6 is 11.6 Å². The third-order valence-electron chi connectivity index (χ3n) is 2.42. The van der Waals surface area contributed by atoms with E-state index in [0.29, 0.717) is 18.0 Å². The lowest BCUT2D eigenvalue weighted by Gasteiger charge is -2.18. The van der Waals surface area contributed by atoms with Crippen LogP contribution in [-0.2, 0) is 0 Å². The van der Waals surface area contributed by atoms with Crippen molar-refractivity contribution >= 4 is 23.2 Å². The number of rotatable bonds is 5. The zero-order valence-electron chi connectivity index (χ0n) is 10.5. The van der Waals surface area contributed by atoms with Gasteiger partial charge in [-0.25, -0.2) is 4.98 Å². The number of carbonyl (C=O) groups excluding carboxylic acids is 1. The molecule has 0 aliphatic heterocycles. The Morgan fingerprint density at radius 1 is 1.61 bits per heavy atom. The Labute approximate surface area is 111 Å². The summed E-state index contributed by atoms with van der Waals surface area (Å²) in [5.41, 5.74) is 6.15. The minimum Gasteiger partial charge on any atom is -0.397 e. The van der Waals surface area contributed by atoms with Gasteiger partial charge in [0.15, 0.2) is 0 Å². The van der Waals surface area contributed by atoms with Crippen LogP contribution in [0.15, 0.2) is 12.3 Å². The van der Waals surface area contributed by atoms with Gasteiger partial charge in [0.05, 0.1) is 30.1 Å². The van der Waals surface area contributed by atoms with Gasteiger partial charge in [0.2, 0.25) is 0 Å². The number of nitrogens with two attached hydrogens (primary N) is 1. The Morgan fingerprint density at radius 2 is 2.28 bits per heavy atom. The SMILES string of the molecule is CC(C)CC(CO)NC(=O)c1cc(N)cnc1Cl. The van der Waals surface area contributed by atoms with Gasteiger partial charge in [-0.15, -0.1) is 0 Å². The number of hydrogen-bond acceptors (Lipinski definition) is 4. The van der Waals surface area contributed by atoms with Crippen LogP contribution < -0.4 is 11.1 Å². The van der Waals surface area contributed by atoms with E-state index in [4.69, 9.17) is 17.3 Å². The third-order valence-corrected chi connectivity index (χ3v) is 2.72. The van der Waals surface area contributed by atoms with Crippen molar-refractivity contribution in [2.45, 2.75) is 26.3 Å². The number of pyridine rings is 1. The highest BCUT2D eigenvalue weighted by Gasteiger charge is 2.17. The smallest absolute Gasteiger partial charge is 0.254 e. The lowest BCUT2D eigenvalue weighted by molar-refractivity contribution is 0.0908. The molecule has 100 valence electrons. The molecule has 0 bridgehead atoms. The molecule has 0 aromatic carbocycles.